The largest absolute Gasteiger partial charge is 0.479 e. The molecule has 0 spiro atoms. The number of benzene rings is 1. The molecule has 0 aromatic heterocycles. The van der Waals surface area contributed by atoms with Gasteiger partial charge in [-0.15, -0.1) is 0 Å². The first-order valence-corrected chi connectivity index (χ1v) is 5.93. The summed E-state index contributed by atoms with van der Waals surface area (Å²) in [5, 5.41) is 18.6. The third-order valence-electron chi connectivity index (χ3n) is 3.38. The molecule has 1 aromatic rings. The van der Waals surface area contributed by atoms with Crippen molar-refractivity contribution in [1.29, 1.82) is 0 Å². The van der Waals surface area contributed by atoms with Gasteiger partial charge in [-0.3, -0.25) is 4.79 Å². The van der Waals surface area contributed by atoms with Gasteiger partial charge in [0.25, 0.3) is 5.91 Å². The van der Waals surface area contributed by atoms with E-state index in [0.717, 1.165) is 0 Å². The Balaban J connectivity index is 2.08. The highest BCUT2D eigenvalue weighted by molar-refractivity contribution is 5.94. The van der Waals surface area contributed by atoms with E-state index in [-0.39, 0.29) is 31.5 Å². The molecule has 1 amide bonds. The maximum absolute atomic E-state index is 13.5. The molecule has 2 rings (SSSR count). The maximum Gasteiger partial charge on any atom is 0.335 e. The van der Waals surface area contributed by atoms with E-state index >= 15 is 0 Å². The lowest BCUT2D eigenvalue weighted by Gasteiger charge is -2.35. The average molecular weight is 267 g/mol. The molecule has 1 aliphatic heterocycles. The van der Waals surface area contributed by atoms with Crippen molar-refractivity contribution in [3.05, 3.63) is 35.6 Å². The number of carbonyl (C=O) groups is 2. The summed E-state index contributed by atoms with van der Waals surface area (Å²) < 4.78 is 13.5. The number of rotatable bonds is 2. The number of aliphatic carboxylic acids is 1. The minimum Gasteiger partial charge on any atom is -0.479 e. The molecule has 6 heteroatoms. The van der Waals surface area contributed by atoms with Crippen molar-refractivity contribution in [3.63, 3.8) is 0 Å². The van der Waals surface area contributed by atoms with E-state index in [9.17, 15) is 19.1 Å². The molecule has 2 N–H and O–H groups in total. The van der Waals surface area contributed by atoms with Crippen LogP contribution in [0.4, 0.5) is 4.39 Å². The zero-order chi connectivity index (χ0) is 14.0. The molecule has 0 aliphatic carbocycles. The first-order chi connectivity index (χ1) is 8.94. The van der Waals surface area contributed by atoms with Crippen molar-refractivity contribution in [1.82, 2.24) is 4.90 Å². The van der Waals surface area contributed by atoms with E-state index in [1.165, 1.54) is 23.1 Å². The van der Waals surface area contributed by atoms with Gasteiger partial charge in [0.1, 0.15) is 5.82 Å². The molecule has 0 unspecified atom stereocenters. The quantitative estimate of drug-likeness (QED) is 0.833. The Labute approximate surface area is 109 Å². The molecular formula is C13H14FNO4. The Kier molecular flexibility index (Phi) is 3.53. The number of hydrogen-bond acceptors (Lipinski definition) is 3. The Hall–Kier alpha value is -1.95. The predicted octanol–water partition coefficient (Wildman–Crippen LogP) is 0.877. The standard InChI is InChI=1S/C13H14FNO4/c14-10-4-2-1-3-9(10)11(16)15-7-5-13(19,6-8-15)12(17)18/h1-4,19H,5-8H2,(H,17,18). The SMILES string of the molecule is O=C(c1ccccc1F)N1CCC(O)(C(=O)O)CC1. The average Bonchev–Trinajstić information content (AvgIpc) is 2.39. The summed E-state index contributed by atoms with van der Waals surface area (Å²) in [6, 6.07) is 5.64. The van der Waals surface area contributed by atoms with E-state index in [2.05, 4.69) is 0 Å². The smallest absolute Gasteiger partial charge is 0.335 e. The van der Waals surface area contributed by atoms with Gasteiger partial charge in [0.05, 0.1) is 5.56 Å². The van der Waals surface area contributed by atoms with Gasteiger partial charge in [-0.1, -0.05) is 12.1 Å². The van der Waals surface area contributed by atoms with Crippen LogP contribution in [0.3, 0.4) is 0 Å². The van der Waals surface area contributed by atoms with E-state index in [4.69, 9.17) is 5.11 Å². The molecule has 1 heterocycles. The van der Waals surface area contributed by atoms with Crippen LogP contribution < -0.4 is 0 Å². The molecule has 0 saturated carbocycles. The highest BCUT2D eigenvalue weighted by Gasteiger charge is 2.40. The second kappa shape index (κ2) is 4.97. The van der Waals surface area contributed by atoms with Crippen molar-refractivity contribution >= 4 is 11.9 Å². The molecule has 5 nitrogen and oxygen atoms in total. The Morgan fingerprint density at radius 3 is 2.32 bits per heavy atom. The van der Waals surface area contributed by atoms with E-state index in [1.807, 2.05) is 0 Å². The van der Waals surface area contributed by atoms with Gasteiger partial charge in [0, 0.05) is 25.9 Å². The zero-order valence-electron chi connectivity index (χ0n) is 10.2. The molecule has 1 fully saturated rings. The summed E-state index contributed by atoms with van der Waals surface area (Å²) in [6.07, 6.45) is -0.106. The number of carboxylic acid groups (broad SMARTS) is 1. The van der Waals surface area contributed by atoms with Gasteiger partial charge >= 0.3 is 5.97 Å². The first-order valence-electron chi connectivity index (χ1n) is 5.93. The molecule has 1 aromatic carbocycles. The number of aliphatic hydroxyl groups is 1. The molecule has 19 heavy (non-hydrogen) atoms. The summed E-state index contributed by atoms with van der Waals surface area (Å²) in [5.41, 5.74) is -1.82. The van der Waals surface area contributed by atoms with Crippen LogP contribution >= 0.6 is 0 Å². The predicted molar refractivity (Wildman–Crippen MR) is 64.1 cm³/mol. The summed E-state index contributed by atoms with van der Waals surface area (Å²) in [7, 11) is 0. The van der Waals surface area contributed by atoms with Gasteiger partial charge in [-0.05, 0) is 12.1 Å². The van der Waals surface area contributed by atoms with Crippen LogP contribution in [0.5, 0.6) is 0 Å². The molecule has 102 valence electrons. The number of likely N-dealkylation sites (tertiary alicyclic amines) is 1. The molecule has 0 bridgehead atoms. The molecule has 1 aliphatic rings. The lowest BCUT2D eigenvalue weighted by molar-refractivity contribution is -0.162. The fourth-order valence-electron chi connectivity index (χ4n) is 2.10. The van der Waals surface area contributed by atoms with Gasteiger partial charge in [0.15, 0.2) is 5.60 Å². The topological polar surface area (TPSA) is 77.8 Å². The van der Waals surface area contributed by atoms with Gasteiger partial charge in [-0.2, -0.15) is 0 Å². The molecule has 0 atom stereocenters. The van der Waals surface area contributed by atoms with E-state index in [0.29, 0.717) is 0 Å². The third kappa shape index (κ3) is 2.58. The summed E-state index contributed by atoms with van der Waals surface area (Å²) >= 11 is 0. The molecule has 0 radical (unpaired) electrons. The minimum absolute atomic E-state index is 0.0386. The number of halogens is 1. The van der Waals surface area contributed by atoms with Crippen LogP contribution in [-0.4, -0.2) is 45.7 Å². The van der Waals surface area contributed by atoms with Gasteiger partial charge < -0.3 is 15.1 Å². The van der Waals surface area contributed by atoms with Crippen molar-refractivity contribution in [2.45, 2.75) is 18.4 Å². The van der Waals surface area contributed by atoms with Crippen molar-refractivity contribution < 1.29 is 24.2 Å². The minimum atomic E-state index is -1.79. The number of hydrogen-bond donors (Lipinski definition) is 2. The Morgan fingerprint density at radius 2 is 1.79 bits per heavy atom. The van der Waals surface area contributed by atoms with Gasteiger partial charge in [0.2, 0.25) is 0 Å². The second-order valence-corrected chi connectivity index (χ2v) is 4.61. The number of amides is 1. The van der Waals surface area contributed by atoms with Crippen LogP contribution in [0, 0.1) is 5.82 Å². The Morgan fingerprint density at radius 1 is 1.21 bits per heavy atom. The summed E-state index contributed by atoms with van der Waals surface area (Å²) in [6.45, 7) is 0.186. The highest BCUT2D eigenvalue weighted by Crippen LogP contribution is 2.24. The molecule has 1 saturated heterocycles. The number of piperidine rings is 1. The van der Waals surface area contributed by atoms with Crippen LogP contribution in [0.25, 0.3) is 0 Å². The lowest BCUT2D eigenvalue weighted by Crippen LogP contribution is -2.50. The van der Waals surface area contributed by atoms with E-state index in [1.54, 1.807) is 6.07 Å². The van der Waals surface area contributed by atoms with E-state index < -0.39 is 23.3 Å². The molecular weight excluding hydrogens is 253 g/mol. The zero-order valence-corrected chi connectivity index (χ0v) is 10.2. The fraction of sp³-hybridized carbons (Fsp3) is 0.385. The van der Waals surface area contributed by atoms with Crippen LogP contribution in [-0.2, 0) is 4.79 Å². The van der Waals surface area contributed by atoms with Crippen molar-refractivity contribution in [2.75, 3.05) is 13.1 Å². The van der Waals surface area contributed by atoms with Crippen molar-refractivity contribution in [3.8, 4) is 0 Å². The monoisotopic (exact) mass is 267 g/mol. The second-order valence-electron chi connectivity index (χ2n) is 4.61. The number of nitrogens with zero attached hydrogens (tertiary/aromatic N) is 1. The summed E-state index contributed by atoms with van der Waals surface area (Å²) in [5.74, 6) is -2.37. The fourth-order valence-corrected chi connectivity index (χ4v) is 2.10. The number of carboxylic acids is 1. The number of carbonyl (C=O) groups excluding carboxylic acids is 1. The third-order valence-corrected chi connectivity index (χ3v) is 3.38. The van der Waals surface area contributed by atoms with Crippen LogP contribution in [0.1, 0.15) is 23.2 Å². The lowest BCUT2D eigenvalue weighted by atomic mass is 9.91. The summed E-state index contributed by atoms with van der Waals surface area (Å²) in [4.78, 5) is 24.3. The Bertz CT molecular complexity index is 509. The van der Waals surface area contributed by atoms with Gasteiger partial charge in [-0.25, -0.2) is 9.18 Å². The van der Waals surface area contributed by atoms with Crippen molar-refractivity contribution in [2.24, 2.45) is 0 Å². The highest BCUT2D eigenvalue weighted by atomic mass is 19.1. The first kappa shape index (κ1) is 13.5. The van der Waals surface area contributed by atoms with Crippen LogP contribution in [0.2, 0.25) is 0 Å². The van der Waals surface area contributed by atoms with Crippen LogP contribution in [0.15, 0.2) is 24.3 Å². The maximum atomic E-state index is 13.5. The normalized spacial score (nSPS) is 18.1.